The molecule has 1 heterocycles. The minimum absolute atomic E-state index is 0.479. The van der Waals surface area contributed by atoms with Gasteiger partial charge in [-0.25, -0.2) is 4.68 Å². The second-order valence-electron chi connectivity index (χ2n) is 3.93. The standard InChI is InChI=1S/C13H15Br2N3O2/c1-3-19-13(20-4-2)11-8-18(17-16-11)12-6-5-9(14)7-10(12)15/h5-8,13H,3-4H2,1-2H3. The van der Waals surface area contributed by atoms with Crippen LogP contribution < -0.4 is 0 Å². The predicted octanol–water partition coefficient (Wildman–Crippen LogP) is 3.86. The van der Waals surface area contributed by atoms with Crippen molar-refractivity contribution in [2.24, 2.45) is 0 Å². The van der Waals surface area contributed by atoms with Gasteiger partial charge in [-0.3, -0.25) is 0 Å². The number of rotatable bonds is 6. The SMILES string of the molecule is CCOC(OCC)c1cn(-c2ccc(Br)cc2Br)nn1. The Kier molecular flexibility index (Phi) is 5.71. The van der Waals surface area contributed by atoms with Crippen LogP contribution in [-0.2, 0) is 9.47 Å². The molecule has 0 atom stereocenters. The predicted molar refractivity (Wildman–Crippen MR) is 82.8 cm³/mol. The molecule has 0 unspecified atom stereocenters. The molecule has 0 amide bonds. The van der Waals surface area contributed by atoms with Crippen LogP contribution in [0.2, 0.25) is 0 Å². The molecule has 0 aliphatic carbocycles. The zero-order chi connectivity index (χ0) is 14.5. The molecule has 0 fully saturated rings. The first-order valence-electron chi connectivity index (χ1n) is 6.26. The maximum absolute atomic E-state index is 5.51. The number of ether oxygens (including phenoxy) is 2. The molecule has 2 aromatic rings. The van der Waals surface area contributed by atoms with E-state index in [0.29, 0.717) is 18.9 Å². The lowest BCUT2D eigenvalue weighted by atomic mass is 10.3. The second-order valence-corrected chi connectivity index (χ2v) is 5.70. The van der Waals surface area contributed by atoms with Gasteiger partial charge in [-0.1, -0.05) is 21.1 Å². The van der Waals surface area contributed by atoms with Crippen LogP contribution in [0.1, 0.15) is 25.8 Å². The highest BCUT2D eigenvalue weighted by molar-refractivity contribution is 9.11. The molecule has 108 valence electrons. The Labute approximate surface area is 134 Å². The van der Waals surface area contributed by atoms with Crippen molar-refractivity contribution < 1.29 is 9.47 Å². The molecule has 1 aromatic heterocycles. The van der Waals surface area contributed by atoms with E-state index in [2.05, 4.69) is 42.2 Å². The van der Waals surface area contributed by atoms with E-state index in [1.807, 2.05) is 38.2 Å². The third-order valence-corrected chi connectivity index (χ3v) is 3.67. The van der Waals surface area contributed by atoms with Gasteiger partial charge < -0.3 is 9.47 Å². The highest BCUT2D eigenvalue weighted by Crippen LogP contribution is 2.25. The zero-order valence-corrected chi connectivity index (χ0v) is 14.4. The fraction of sp³-hybridized carbons (Fsp3) is 0.385. The highest BCUT2D eigenvalue weighted by Gasteiger charge is 2.16. The van der Waals surface area contributed by atoms with Crippen LogP contribution in [0.4, 0.5) is 0 Å². The van der Waals surface area contributed by atoms with Crippen LogP contribution in [0.15, 0.2) is 33.3 Å². The molecule has 0 bridgehead atoms. The lowest BCUT2D eigenvalue weighted by molar-refractivity contribution is -0.142. The first-order chi connectivity index (χ1) is 9.65. The van der Waals surface area contributed by atoms with E-state index in [1.165, 1.54) is 0 Å². The van der Waals surface area contributed by atoms with E-state index in [-0.39, 0.29) is 0 Å². The normalized spacial score (nSPS) is 11.2. The molecule has 7 heteroatoms. The van der Waals surface area contributed by atoms with Crippen molar-refractivity contribution in [2.75, 3.05) is 13.2 Å². The maximum Gasteiger partial charge on any atom is 0.204 e. The van der Waals surface area contributed by atoms with Crippen molar-refractivity contribution in [1.29, 1.82) is 0 Å². The third kappa shape index (κ3) is 3.66. The van der Waals surface area contributed by atoms with Crippen molar-refractivity contribution in [2.45, 2.75) is 20.1 Å². The Morgan fingerprint density at radius 3 is 2.50 bits per heavy atom. The van der Waals surface area contributed by atoms with Crippen molar-refractivity contribution in [3.05, 3.63) is 39.0 Å². The first kappa shape index (κ1) is 15.6. The Balaban J connectivity index is 2.27. The molecule has 2 rings (SSSR count). The van der Waals surface area contributed by atoms with E-state index >= 15 is 0 Å². The number of hydrogen-bond acceptors (Lipinski definition) is 4. The van der Waals surface area contributed by atoms with Gasteiger partial charge in [0.1, 0.15) is 5.69 Å². The zero-order valence-electron chi connectivity index (χ0n) is 11.2. The van der Waals surface area contributed by atoms with Crippen LogP contribution in [0.25, 0.3) is 5.69 Å². The second kappa shape index (κ2) is 7.31. The average molecular weight is 405 g/mol. The molecule has 0 aliphatic heterocycles. The molecule has 0 aliphatic rings. The summed E-state index contributed by atoms with van der Waals surface area (Å²) in [6.07, 6.45) is 1.33. The molecule has 0 saturated heterocycles. The van der Waals surface area contributed by atoms with E-state index in [0.717, 1.165) is 14.6 Å². The van der Waals surface area contributed by atoms with Crippen LogP contribution >= 0.6 is 31.9 Å². The van der Waals surface area contributed by atoms with E-state index in [1.54, 1.807) is 4.68 Å². The van der Waals surface area contributed by atoms with Crippen molar-refractivity contribution in [1.82, 2.24) is 15.0 Å². The quantitative estimate of drug-likeness (QED) is 0.685. The fourth-order valence-electron chi connectivity index (χ4n) is 1.69. The summed E-state index contributed by atoms with van der Waals surface area (Å²) in [6.45, 7) is 4.95. The Morgan fingerprint density at radius 2 is 1.90 bits per heavy atom. The molecule has 0 spiro atoms. The minimum Gasteiger partial charge on any atom is -0.347 e. The van der Waals surface area contributed by atoms with Gasteiger partial charge in [0, 0.05) is 22.2 Å². The van der Waals surface area contributed by atoms with Crippen LogP contribution in [0, 0.1) is 0 Å². The number of benzene rings is 1. The van der Waals surface area contributed by atoms with Crippen LogP contribution in [-0.4, -0.2) is 28.2 Å². The first-order valence-corrected chi connectivity index (χ1v) is 7.85. The lowest BCUT2D eigenvalue weighted by Gasteiger charge is -2.13. The molecule has 1 aromatic carbocycles. The van der Waals surface area contributed by atoms with Gasteiger partial charge >= 0.3 is 0 Å². The third-order valence-electron chi connectivity index (χ3n) is 2.55. The summed E-state index contributed by atoms with van der Waals surface area (Å²) in [4.78, 5) is 0. The van der Waals surface area contributed by atoms with Crippen molar-refractivity contribution >= 4 is 31.9 Å². The Hall–Kier alpha value is -0.760. The van der Waals surface area contributed by atoms with Crippen LogP contribution in [0.3, 0.4) is 0 Å². The summed E-state index contributed by atoms with van der Waals surface area (Å²) < 4.78 is 14.6. The molecular formula is C13H15Br2N3O2. The van der Waals surface area contributed by atoms with Gasteiger partial charge in [0.05, 0.1) is 11.9 Å². The fourth-order valence-corrected chi connectivity index (χ4v) is 2.92. The average Bonchev–Trinajstić information content (AvgIpc) is 2.88. The molecule has 0 radical (unpaired) electrons. The summed E-state index contributed by atoms with van der Waals surface area (Å²) >= 11 is 6.93. The highest BCUT2D eigenvalue weighted by atomic mass is 79.9. The largest absolute Gasteiger partial charge is 0.347 e. The van der Waals surface area contributed by atoms with Gasteiger partial charge in [-0.05, 0) is 48.0 Å². The topological polar surface area (TPSA) is 49.2 Å². The molecule has 20 heavy (non-hydrogen) atoms. The summed E-state index contributed by atoms with van der Waals surface area (Å²) in [5.74, 6) is 0. The van der Waals surface area contributed by atoms with E-state index in [9.17, 15) is 0 Å². The van der Waals surface area contributed by atoms with Gasteiger partial charge in [0.2, 0.25) is 6.29 Å². The number of hydrogen-bond donors (Lipinski definition) is 0. The van der Waals surface area contributed by atoms with Crippen LogP contribution in [0.5, 0.6) is 0 Å². The lowest BCUT2D eigenvalue weighted by Crippen LogP contribution is -2.09. The van der Waals surface area contributed by atoms with Crippen molar-refractivity contribution in [3.8, 4) is 5.69 Å². The molecule has 0 saturated carbocycles. The number of halogens is 2. The van der Waals surface area contributed by atoms with Gasteiger partial charge in [0.15, 0.2) is 0 Å². The molecular weight excluding hydrogens is 390 g/mol. The summed E-state index contributed by atoms with van der Waals surface area (Å²) in [5.41, 5.74) is 1.56. The number of nitrogens with zero attached hydrogens (tertiary/aromatic N) is 3. The number of aromatic nitrogens is 3. The Morgan fingerprint density at radius 1 is 1.20 bits per heavy atom. The Bertz CT molecular complexity index is 568. The van der Waals surface area contributed by atoms with Gasteiger partial charge in [-0.15, -0.1) is 5.10 Å². The summed E-state index contributed by atoms with van der Waals surface area (Å²) in [5, 5.41) is 8.25. The summed E-state index contributed by atoms with van der Waals surface area (Å²) in [6, 6.07) is 5.85. The molecule has 5 nitrogen and oxygen atoms in total. The molecule has 0 N–H and O–H groups in total. The van der Waals surface area contributed by atoms with Crippen molar-refractivity contribution in [3.63, 3.8) is 0 Å². The summed E-state index contributed by atoms with van der Waals surface area (Å²) in [7, 11) is 0. The monoisotopic (exact) mass is 403 g/mol. The van der Waals surface area contributed by atoms with Gasteiger partial charge in [-0.2, -0.15) is 0 Å². The van der Waals surface area contributed by atoms with E-state index in [4.69, 9.17) is 9.47 Å². The van der Waals surface area contributed by atoms with E-state index < -0.39 is 6.29 Å². The van der Waals surface area contributed by atoms with Gasteiger partial charge in [0.25, 0.3) is 0 Å². The minimum atomic E-state index is -0.479. The maximum atomic E-state index is 5.51. The smallest absolute Gasteiger partial charge is 0.204 e.